The van der Waals surface area contributed by atoms with E-state index >= 15 is 0 Å². The Kier molecular flexibility index (Phi) is 17.4. The first kappa shape index (κ1) is 34.4. The average Bonchev–Trinajstić information content (AvgIpc) is 2.65. The number of rotatable bonds is 16. The molecule has 0 amide bonds. The third-order valence-corrected chi connectivity index (χ3v) is 4.64. The van der Waals surface area contributed by atoms with Crippen molar-refractivity contribution in [2.24, 2.45) is 5.92 Å². The molecule has 0 saturated carbocycles. The lowest BCUT2D eigenvalue weighted by Gasteiger charge is -2.30. The molecule has 33 heavy (non-hydrogen) atoms. The molecule has 200 valence electrons. The predicted molar refractivity (Wildman–Crippen MR) is 126 cm³/mol. The summed E-state index contributed by atoms with van der Waals surface area (Å²) in [7, 11) is 1.55. The van der Waals surface area contributed by atoms with Crippen LogP contribution in [0.4, 0.5) is 0 Å². The van der Waals surface area contributed by atoms with Crippen molar-refractivity contribution >= 4 is 5.97 Å². The van der Waals surface area contributed by atoms with E-state index in [0.717, 1.165) is 25.7 Å². The Morgan fingerprint density at radius 1 is 0.848 bits per heavy atom. The number of carbonyl (C=O) groups excluding carboxylic acids is 1. The highest BCUT2D eigenvalue weighted by molar-refractivity contribution is 5.71. The van der Waals surface area contributed by atoms with E-state index in [-0.39, 0.29) is 5.92 Å². The zero-order valence-electron chi connectivity index (χ0n) is 22.7. The Bertz CT molecular complexity index is 502. The molecule has 0 aliphatic heterocycles. The van der Waals surface area contributed by atoms with Crippen molar-refractivity contribution in [3.63, 3.8) is 0 Å². The van der Waals surface area contributed by atoms with Gasteiger partial charge in [-0.25, -0.2) is 14.6 Å². The van der Waals surface area contributed by atoms with E-state index in [2.05, 4.69) is 16.8 Å². The highest BCUT2D eigenvalue weighted by Crippen LogP contribution is 2.21. The molecule has 0 rings (SSSR count). The Morgan fingerprint density at radius 3 is 1.73 bits per heavy atom. The summed E-state index contributed by atoms with van der Waals surface area (Å²) in [6.45, 7) is 18.1. The van der Waals surface area contributed by atoms with Crippen LogP contribution in [0.1, 0.15) is 108 Å². The second-order valence-electron chi connectivity index (χ2n) is 10.2. The molecule has 2 N–H and O–H groups in total. The van der Waals surface area contributed by atoms with E-state index in [1.54, 1.807) is 48.7 Å². The zero-order valence-corrected chi connectivity index (χ0v) is 22.7. The Labute approximate surface area is 200 Å². The van der Waals surface area contributed by atoms with Gasteiger partial charge < -0.3 is 14.9 Å². The van der Waals surface area contributed by atoms with Crippen LogP contribution in [0.25, 0.3) is 0 Å². The van der Waals surface area contributed by atoms with Gasteiger partial charge in [0.25, 0.3) is 0 Å². The number of carbonyl (C=O) groups is 1. The summed E-state index contributed by atoms with van der Waals surface area (Å²) in [5.41, 5.74) is -1.23. The normalized spacial score (nSPS) is 15.3. The molecule has 0 bridgehead atoms. The number of aliphatic hydroxyl groups excluding tert-OH is 2. The van der Waals surface area contributed by atoms with Crippen LogP contribution in [0.15, 0.2) is 0 Å². The molecule has 0 aliphatic carbocycles. The molecule has 0 aromatic carbocycles. The van der Waals surface area contributed by atoms with Gasteiger partial charge >= 0.3 is 5.97 Å². The van der Waals surface area contributed by atoms with E-state index in [1.165, 1.54) is 0 Å². The van der Waals surface area contributed by atoms with Crippen LogP contribution >= 0.6 is 0 Å². The first-order valence-electron chi connectivity index (χ1n) is 11.8. The number of ether oxygens (including phenoxy) is 1. The molecule has 3 unspecified atom stereocenters. The lowest BCUT2D eigenvalue weighted by atomic mass is 10.00. The van der Waals surface area contributed by atoms with Gasteiger partial charge in [-0.3, -0.25) is 4.89 Å². The average molecular weight is 483 g/mol. The van der Waals surface area contributed by atoms with Gasteiger partial charge in [-0.05, 0) is 73.3 Å². The van der Waals surface area contributed by atoms with E-state index in [0.29, 0.717) is 12.8 Å². The Morgan fingerprint density at radius 2 is 1.33 bits per heavy atom. The van der Waals surface area contributed by atoms with Gasteiger partial charge in [-0.15, -0.1) is 0 Å². The molecule has 0 radical (unpaired) electrons. The summed E-state index contributed by atoms with van der Waals surface area (Å²) in [6, 6.07) is 0. The van der Waals surface area contributed by atoms with Crippen molar-refractivity contribution in [3.8, 4) is 0 Å². The molecule has 3 atom stereocenters. The van der Waals surface area contributed by atoms with Crippen molar-refractivity contribution in [1.82, 2.24) is 0 Å². The Hall–Kier alpha value is -0.810. The number of hydrogen-bond donors (Lipinski definition) is 2. The summed E-state index contributed by atoms with van der Waals surface area (Å²) in [5.74, 6) is -1.32. The fraction of sp³-hybridized carbons (Fsp3) is 0.958. The van der Waals surface area contributed by atoms with Gasteiger partial charge in [-0.2, -0.15) is 4.89 Å². The third-order valence-electron chi connectivity index (χ3n) is 4.64. The van der Waals surface area contributed by atoms with E-state index < -0.39 is 35.2 Å². The summed E-state index contributed by atoms with van der Waals surface area (Å²) in [5, 5.41) is 23.0. The van der Waals surface area contributed by atoms with Crippen molar-refractivity contribution < 1.29 is 44.3 Å². The minimum Gasteiger partial charge on any atom is -0.393 e. The van der Waals surface area contributed by atoms with Gasteiger partial charge in [0.2, 0.25) is 0 Å². The number of unbranched alkanes of at least 4 members (excludes halogenated alkanes) is 1. The molecular weight excluding hydrogens is 432 g/mol. The molecule has 0 spiro atoms. The predicted octanol–water partition coefficient (Wildman–Crippen LogP) is 5.03. The second-order valence-corrected chi connectivity index (χ2v) is 10.2. The fourth-order valence-electron chi connectivity index (χ4n) is 2.89. The molecule has 0 aliphatic rings. The lowest BCUT2D eigenvalue weighted by molar-refractivity contribution is -0.519. The maximum atomic E-state index is 11.7. The summed E-state index contributed by atoms with van der Waals surface area (Å²) < 4.78 is 5.03. The van der Waals surface area contributed by atoms with Gasteiger partial charge in [0.15, 0.2) is 5.79 Å². The molecule has 9 nitrogen and oxygen atoms in total. The molecular formula is C24H50O9. The maximum absolute atomic E-state index is 11.7. The number of aliphatic hydroxyl groups is 2. The minimum absolute atomic E-state index is 0.150. The van der Waals surface area contributed by atoms with Gasteiger partial charge in [0.1, 0.15) is 11.2 Å². The standard InChI is InChI=1S/C14H28O5.C10H22O4/c1-6-8-9-12(7-2)13(16)17-19-18-14(4,5)10-11(3)15;1-8(11)7-9(2,3)13-14-10(4,5)12-6/h11-12,15H,6-10H2,1-5H3;8,11H,7H2,1-6H3. The second kappa shape index (κ2) is 16.8. The SMILES string of the molecule is CCCCC(CC)C(=O)OOOC(C)(C)CC(C)O.COC(C)(C)OOC(C)(C)CC(C)O. The number of hydrogen-bond acceptors (Lipinski definition) is 9. The van der Waals surface area contributed by atoms with Crippen molar-refractivity contribution in [1.29, 1.82) is 0 Å². The summed E-state index contributed by atoms with van der Waals surface area (Å²) >= 11 is 0. The van der Waals surface area contributed by atoms with E-state index in [9.17, 15) is 15.0 Å². The van der Waals surface area contributed by atoms with Crippen LogP contribution in [0.3, 0.4) is 0 Å². The lowest BCUT2D eigenvalue weighted by Crippen LogP contribution is -2.35. The van der Waals surface area contributed by atoms with Crippen LogP contribution in [0.5, 0.6) is 0 Å². The molecule has 0 fully saturated rings. The van der Waals surface area contributed by atoms with Crippen molar-refractivity contribution in [2.75, 3.05) is 7.11 Å². The smallest absolute Gasteiger partial charge is 0.348 e. The largest absolute Gasteiger partial charge is 0.393 e. The van der Waals surface area contributed by atoms with Gasteiger partial charge in [-0.1, -0.05) is 26.7 Å². The molecule has 0 saturated heterocycles. The minimum atomic E-state index is -0.768. The van der Waals surface area contributed by atoms with Crippen LogP contribution in [0, 0.1) is 5.92 Å². The van der Waals surface area contributed by atoms with Gasteiger partial charge in [0, 0.05) is 20.0 Å². The Balaban J connectivity index is 0. The van der Waals surface area contributed by atoms with E-state index in [4.69, 9.17) is 19.4 Å². The monoisotopic (exact) mass is 482 g/mol. The summed E-state index contributed by atoms with van der Waals surface area (Å²) in [6.07, 6.45) is 3.52. The van der Waals surface area contributed by atoms with Crippen molar-refractivity contribution in [3.05, 3.63) is 0 Å². The third kappa shape index (κ3) is 20.3. The van der Waals surface area contributed by atoms with Crippen molar-refractivity contribution in [2.45, 2.75) is 137 Å². The highest BCUT2D eigenvalue weighted by Gasteiger charge is 2.28. The van der Waals surface area contributed by atoms with Crippen LogP contribution in [0.2, 0.25) is 0 Å². The first-order chi connectivity index (χ1) is 15.0. The number of methoxy groups -OCH3 is 1. The molecule has 0 heterocycles. The van der Waals surface area contributed by atoms with E-state index in [1.807, 2.05) is 20.8 Å². The highest BCUT2D eigenvalue weighted by atomic mass is 17.5. The fourth-order valence-corrected chi connectivity index (χ4v) is 2.89. The topological polar surface area (TPSA) is 113 Å². The zero-order chi connectivity index (χ0) is 26.3. The van der Waals surface area contributed by atoms with Crippen LogP contribution < -0.4 is 0 Å². The summed E-state index contributed by atoms with van der Waals surface area (Å²) in [4.78, 5) is 31.7. The van der Waals surface area contributed by atoms with Gasteiger partial charge in [0.05, 0.1) is 18.1 Å². The first-order valence-corrected chi connectivity index (χ1v) is 11.8. The molecule has 0 aromatic rings. The quantitative estimate of drug-likeness (QED) is 0.178. The van der Waals surface area contributed by atoms with Crippen LogP contribution in [-0.2, 0) is 34.1 Å². The molecule has 0 aromatic heterocycles. The maximum Gasteiger partial charge on any atom is 0.348 e. The van der Waals surface area contributed by atoms with Crippen LogP contribution in [-0.4, -0.2) is 52.5 Å². The molecule has 9 heteroatoms.